The van der Waals surface area contributed by atoms with Crippen LogP contribution in [-0.4, -0.2) is 47.1 Å². The maximum absolute atomic E-state index is 14.9. The number of hydrogen-bond acceptors (Lipinski definition) is 6. The first-order valence-electron chi connectivity index (χ1n) is 11.0. The minimum absolute atomic E-state index is 0.0185. The Balaban J connectivity index is 1.44. The van der Waals surface area contributed by atoms with E-state index in [0.29, 0.717) is 23.9 Å². The van der Waals surface area contributed by atoms with Crippen molar-refractivity contribution in [2.75, 3.05) is 27.3 Å². The van der Waals surface area contributed by atoms with Crippen LogP contribution >= 0.6 is 0 Å². The van der Waals surface area contributed by atoms with Gasteiger partial charge in [0.05, 0.1) is 49.7 Å². The minimum Gasteiger partial charge on any atom is -0.494 e. The summed E-state index contributed by atoms with van der Waals surface area (Å²) in [7, 11) is 2.68. The molecule has 0 atom stereocenters. The summed E-state index contributed by atoms with van der Waals surface area (Å²) in [6, 6.07) is 1.58. The van der Waals surface area contributed by atoms with E-state index in [1.807, 2.05) is 17.0 Å². The first-order chi connectivity index (χ1) is 16.1. The number of aromatic nitrogens is 4. The van der Waals surface area contributed by atoms with Crippen molar-refractivity contribution in [2.24, 2.45) is 0 Å². The van der Waals surface area contributed by atoms with E-state index in [-0.39, 0.29) is 23.5 Å². The molecule has 0 saturated carbocycles. The molecule has 33 heavy (non-hydrogen) atoms. The van der Waals surface area contributed by atoms with Gasteiger partial charge < -0.3 is 14.8 Å². The number of ether oxygens (including phenoxy) is 2. The Hall–Kier alpha value is -3.33. The van der Waals surface area contributed by atoms with Crippen LogP contribution in [0.25, 0.3) is 16.8 Å². The van der Waals surface area contributed by atoms with Crippen molar-refractivity contribution in [3.8, 4) is 22.8 Å². The molecule has 1 aromatic carbocycles. The van der Waals surface area contributed by atoms with Crippen molar-refractivity contribution in [3.63, 3.8) is 0 Å². The fourth-order valence-corrected chi connectivity index (χ4v) is 4.46. The highest BCUT2D eigenvalue weighted by Crippen LogP contribution is 2.36. The molecule has 1 aliphatic carbocycles. The average molecular weight is 453 g/mol. The summed E-state index contributed by atoms with van der Waals surface area (Å²) in [6.45, 7) is 1.96. The summed E-state index contributed by atoms with van der Waals surface area (Å²) in [4.78, 5) is 9.36. The maximum Gasteiger partial charge on any atom is 0.171 e. The summed E-state index contributed by atoms with van der Waals surface area (Å²) >= 11 is 0. The highest BCUT2D eigenvalue weighted by molar-refractivity contribution is 5.73. The smallest absolute Gasteiger partial charge is 0.171 e. The highest BCUT2D eigenvalue weighted by Gasteiger charge is 2.25. The summed E-state index contributed by atoms with van der Waals surface area (Å²) in [5.74, 6) is -1.60. The van der Waals surface area contributed by atoms with Crippen molar-refractivity contribution in [1.82, 2.24) is 25.1 Å². The van der Waals surface area contributed by atoms with Crippen molar-refractivity contribution >= 4 is 5.57 Å². The molecule has 1 fully saturated rings. The van der Waals surface area contributed by atoms with Crippen LogP contribution in [0.4, 0.5) is 8.78 Å². The minimum atomic E-state index is -0.738. The molecule has 0 unspecified atom stereocenters. The quantitative estimate of drug-likeness (QED) is 0.613. The summed E-state index contributed by atoms with van der Waals surface area (Å²) in [6.07, 6.45) is 10.1. The van der Waals surface area contributed by atoms with E-state index in [4.69, 9.17) is 14.5 Å². The molecule has 172 valence electrons. The summed E-state index contributed by atoms with van der Waals surface area (Å²) in [5, 5.41) is 7.90. The molecule has 1 saturated heterocycles. The van der Waals surface area contributed by atoms with Crippen LogP contribution in [0, 0.1) is 11.6 Å². The van der Waals surface area contributed by atoms with Gasteiger partial charge in [0, 0.05) is 36.2 Å². The Morgan fingerprint density at radius 3 is 2.52 bits per heavy atom. The van der Waals surface area contributed by atoms with Gasteiger partial charge in [0.1, 0.15) is 0 Å². The standard InChI is InChI=1S/C24H25F2N5O2/c1-32-20-10-21(33-2)23(26)17(22(20)25)9-14-3-4-18-24(14)30-19(12-28-18)15-11-29-31(13-15)16-5-7-27-8-6-16/h3,10-13,16,27H,4-9H2,1-2H3. The number of methoxy groups -OCH3 is 2. The zero-order valence-electron chi connectivity index (χ0n) is 18.6. The van der Waals surface area contributed by atoms with E-state index in [2.05, 4.69) is 15.4 Å². The molecule has 0 amide bonds. The number of fused-ring (bicyclic) bond motifs is 1. The largest absolute Gasteiger partial charge is 0.494 e. The lowest BCUT2D eigenvalue weighted by Gasteiger charge is -2.22. The zero-order chi connectivity index (χ0) is 22.9. The first-order valence-corrected chi connectivity index (χ1v) is 11.0. The van der Waals surface area contributed by atoms with Gasteiger partial charge in [-0.1, -0.05) is 6.08 Å². The third kappa shape index (κ3) is 3.97. The van der Waals surface area contributed by atoms with Crippen molar-refractivity contribution in [2.45, 2.75) is 31.7 Å². The zero-order valence-corrected chi connectivity index (χ0v) is 18.6. The molecule has 2 aromatic heterocycles. The second-order valence-electron chi connectivity index (χ2n) is 8.24. The Morgan fingerprint density at radius 2 is 1.82 bits per heavy atom. The number of piperidine rings is 1. The Morgan fingerprint density at radius 1 is 1.09 bits per heavy atom. The van der Waals surface area contributed by atoms with Gasteiger partial charge in [0.25, 0.3) is 0 Å². The van der Waals surface area contributed by atoms with Crippen LogP contribution in [0.15, 0.2) is 30.7 Å². The van der Waals surface area contributed by atoms with Gasteiger partial charge in [-0.25, -0.2) is 13.8 Å². The Bertz CT molecular complexity index is 1190. The van der Waals surface area contributed by atoms with Crippen LogP contribution in [0.5, 0.6) is 11.5 Å². The van der Waals surface area contributed by atoms with Gasteiger partial charge in [0.15, 0.2) is 23.1 Å². The first kappa shape index (κ1) is 21.5. The molecule has 0 spiro atoms. The van der Waals surface area contributed by atoms with E-state index in [9.17, 15) is 8.78 Å². The second-order valence-corrected chi connectivity index (χ2v) is 8.24. The topological polar surface area (TPSA) is 74.1 Å². The third-order valence-corrected chi connectivity index (χ3v) is 6.31. The molecule has 0 bridgehead atoms. The Kier molecular flexibility index (Phi) is 5.80. The van der Waals surface area contributed by atoms with Crippen LogP contribution in [0.2, 0.25) is 0 Å². The second kappa shape index (κ2) is 8.90. The van der Waals surface area contributed by atoms with Gasteiger partial charge in [0.2, 0.25) is 0 Å². The van der Waals surface area contributed by atoms with E-state index in [0.717, 1.165) is 42.8 Å². The molecule has 7 nitrogen and oxygen atoms in total. The monoisotopic (exact) mass is 453 g/mol. The van der Waals surface area contributed by atoms with Gasteiger partial charge in [-0.3, -0.25) is 9.67 Å². The predicted molar refractivity (Wildman–Crippen MR) is 119 cm³/mol. The molecule has 2 aliphatic rings. The fourth-order valence-electron chi connectivity index (χ4n) is 4.46. The lowest BCUT2D eigenvalue weighted by atomic mass is 10.0. The molecule has 5 rings (SSSR count). The third-order valence-electron chi connectivity index (χ3n) is 6.31. The Labute approximate surface area is 190 Å². The van der Waals surface area contributed by atoms with Crippen molar-refractivity contribution in [1.29, 1.82) is 0 Å². The maximum atomic E-state index is 14.9. The van der Waals surface area contributed by atoms with Crippen LogP contribution in [0.1, 0.15) is 35.8 Å². The predicted octanol–water partition coefficient (Wildman–Crippen LogP) is 3.74. The van der Waals surface area contributed by atoms with Crippen LogP contribution < -0.4 is 14.8 Å². The van der Waals surface area contributed by atoms with Gasteiger partial charge >= 0.3 is 0 Å². The van der Waals surface area contributed by atoms with Gasteiger partial charge in [-0.15, -0.1) is 0 Å². The number of hydrogen-bond donors (Lipinski definition) is 1. The van der Waals surface area contributed by atoms with Crippen LogP contribution in [-0.2, 0) is 12.8 Å². The van der Waals surface area contributed by atoms with E-state index < -0.39 is 11.6 Å². The number of nitrogens with one attached hydrogen (secondary N) is 1. The molecule has 0 radical (unpaired) electrons. The van der Waals surface area contributed by atoms with Crippen LogP contribution in [0.3, 0.4) is 0 Å². The molecular weight excluding hydrogens is 428 g/mol. The fraction of sp³-hybridized carbons (Fsp3) is 0.375. The van der Waals surface area contributed by atoms with E-state index >= 15 is 0 Å². The number of allylic oxidation sites excluding steroid dienone is 2. The lowest BCUT2D eigenvalue weighted by Crippen LogP contribution is -2.29. The summed E-state index contributed by atoms with van der Waals surface area (Å²) < 4.78 is 41.9. The molecule has 3 aromatic rings. The molecular formula is C24H25F2N5O2. The van der Waals surface area contributed by atoms with Crippen molar-refractivity contribution in [3.05, 3.63) is 59.3 Å². The number of rotatable bonds is 6. The van der Waals surface area contributed by atoms with Gasteiger partial charge in [-0.05, 0) is 31.5 Å². The summed E-state index contributed by atoms with van der Waals surface area (Å²) in [5.41, 5.74) is 3.61. The normalized spacial score (nSPS) is 15.9. The average Bonchev–Trinajstić information content (AvgIpc) is 3.50. The van der Waals surface area contributed by atoms with Crippen molar-refractivity contribution < 1.29 is 18.3 Å². The number of nitrogens with zero attached hydrogens (tertiary/aromatic N) is 4. The molecule has 1 aliphatic heterocycles. The molecule has 9 heteroatoms. The number of halogens is 2. The number of benzene rings is 1. The molecule has 3 heterocycles. The highest BCUT2D eigenvalue weighted by atomic mass is 19.1. The van der Waals surface area contributed by atoms with Gasteiger partial charge in [-0.2, -0.15) is 5.10 Å². The van der Waals surface area contributed by atoms with E-state index in [1.165, 1.54) is 20.3 Å². The molecule has 1 N–H and O–H groups in total. The lowest BCUT2D eigenvalue weighted by molar-refractivity contribution is 0.343. The SMILES string of the molecule is COc1cc(OC)c(F)c(CC2=CCc3ncc(-c4cnn(C5CCNCC5)c4)nc32)c1F. The van der Waals surface area contributed by atoms with E-state index in [1.54, 1.807) is 12.4 Å².